The molecular weight excluding hydrogens is 394 g/mol. The van der Waals surface area contributed by atoms with E-state index < -0.39 is 12.1 Å². The van der Waals surface area contributed by atoms with Crippen LogP contribution in [0.5, 0.6) is 0 Å². The molecular formula is C21H16Cl2F3N. The largest absolute Gasteiger partial charge is 0.392 e. The molecule has 0 radical (unpaired) electrons. The summed E-state index contributed by atoms with van der Waals surface area (Å²) in [5.41, 5.74) is 4.25. The maximum Gasteiger partial charge on any atom is 0.392 e. The van der Waals surface area contributed by atoms with Gasteiger partial charge in [0.15, 0.2) is 0 Å². The molecule has 1 heterocycles. The van der Waals surface area contributed by atoms with Crippen LogP contribution in [0.4, 0.5) is 13.2 Å². The van der Waals surface area contributed by atoms with Gasteiger partial charge in [-0.05, 0) is 55.2 Å². The van der Waals surface area contributed by atoms with Gasteiger partial charge >= 0.3 is 6.18 Å². The Morgan fingerprint density at radius 1 is 0.926 bits per heavy atom. The molecule has 27 heavy (non-hydrogen) atoms. The number of rotatable bonds is 2. The van der Waals surface area contributed by atoms with E-state index in [-0.39, 0.29) is 12.8 Å². The van der Waals surface area contributed by atoms with Crippen molar-refractivity contribution >= 4 is 23.2 Å². The van der Waals surface area contributed by atoms with Crippen molar-refractivity contribution in [3.05, 3.63) is 75.9 Å². The van der Waals surface area contributed by atoms with Crippen LogP contribution < -0.4 is 0 Å². The van der Waals surface area contributed by atoms with Crippen LogP contribution in [0, 0.1) is 5.92 Å². The lowest BCUT2D eigenvalue weighted by molar-refractivity contribution is -0.177. The fourth-order valence-corrected chi connectivity index (χ4v) is 4.05. The third-order valence-corrected chi connectivity index (χ3v) is 5.82. The number of para-hydroxylation sites is 1. The van der Waals surface area contributed by atoms with Crippen LogP contribution in [0.3, 0.4) is 0 Å². The molecule has 1 atom stereocenters. The van der Waals surface area contributed by atoms with Gasteiger partial charge in [0.2, 0.25) is 0 Å². The van der Waals surface area contributed by atoms with Gasteiger partial charge in [-0.2, -0.15) is 13.2 Å². The smallest absolute Gasteiger partial charge is 0.313 e. The van der Waals surface area contributed by atoms with Crippen LogP contribution in [0.2, 0.25) is 10.0 Å². The first-order valence-electron chi connectivity index (χ1n) is 8.65. The summed E-state index contributed by atoms with van der Waals surface area (Å²) >= 11 is 12.2. The van der Waals surface area contributed by atoms with Crippen LogP contribution in [-0.4, -0.2) is 10.7 Å². The van der Waals surface area contributed by atoms with E-state index in [4.69, 9.17) is 23.2 Å². The number of nitrogens with zero attached hydrogens (tertiary/aromatic N) is 1. The van der Waals surface area contributed by atoms with E-state index in [9.17, 15) is 13.2 Å². The molecule has 0 aliphatic heterocycles. The first kappa shape index (κ1) is 18.5. The van der Waals surface area contributed by atoms with E-state index in [0.717, 1.165) is 28.2 Å². The topological polar surface area (TPSA) is 4.93 Å². The number of alkyl halides is 3. The minimum Gasteiger partial charge on any atom is -0.313 e. The summed E-state index contributed by atoms with van der Waals surface area (Å²) in [6.07, 6.45) is -3.67. The zero-order valence-electron chi connectivity index (χ0n) is 14.2. The van der Waals surface area contributed by atoms with E-state index in [0.29, 0.717) is 16.5 Å². The summed E-state index contributed by atoms with van der Waals surface area (Å²) in [5, 5.41) is 0.862. The molecule has 0 bridgehead atoms. The molecule has 1 aromatic heterocycles. The molecule has 0 N–H and O–H groups in total. The Labute approximate surface area is 165 Å². The van der Waals surface area contributed by atoms with E-state index in [1.165, 1.54) is 0 Å². The van der Waals surface area contributed by atoms with E-state index in [1.807, 2.05) is 47.0 Å². The van der Waals surface area contributed by atoms with Crippen LogP contribution in [0.1, 0.15) is 17.7 Å². The number of benzene rings is 2. The Balaban J connectivity index is 1.88. The average Bonchev–Trinajstić information content (AvgIpc) is 3.02. The third kappa shape index (κ3) is 3.48. The highest BCUT2D eigenvalue weighted by molar-refractivity contribution is 6.42. The summed E-state index contributed by atoms with van der Waals surface area (Å²) in [6, 6.07) is 16.8. The second-order valence-electron chi connectivity index (χ2n) is 6.78. The van der Waals surface area contributed by atoms with Crippen molar-refractivity contribution in [2.75, 3.05) is 0 Å². The van der Waals surface area contributed by atoms with E-state index in [1.54, 1.807) is 12.1 Å². The molecule has 1 aliphatic rings. The molecule has 0 saturated heterocycles. The van der Waals surface area contributed by atoms with Crippen molar-refractivity contribution in [1.82, 2.24) is 4.57 Å². The van der Waals surface area contributed by atoms with Crippen molar-refractivity contribution in [2.24, 2.45) is 5.92 Å². The van der Waals surface area contributed by atoms with Gasteiger partial charge < -0.3 is 4.57 Å². The minimum atomic E-state index is -4.17. The van der Waals surface area contributed by atoms with Crippen molar-refractivity contribution in [3.8, 4) is 16.9 Å². The summed E-state index contributed by atoms with van der Waals surface area (Å²) in [4.78, 5) is 0. The van der Waals surface area contributed by atoms with E-state index in [2.05, 4.69) is 0 Å². The molecule has 3 aromatic rings. The number of halogens is 5. The average molecular weight is 410 g/mol. The summed E-state index contributed by atoms with van der Waals surface area (Å²) in [6.45, 7) is 0. The highest BCUT2D eigenvalue weighted by Crippen LogP contribution is 2.41. The Hall–Kier alpha value is -1.91. The number of hydrogen-bond donors (Lipinski definition) is 0. The van der Waals surface area contributed by atoms with Crippen LogP contribution in [0.15, 0.2) is 54.6 Å². The Morgan fingerprint density at radius 2 is 1.67 bits per heavy atom. The Morgan fingerprint density at radius 3 is 2.33 bits per heavy atom. The van der Waals surface area contributed by atoms with Gasteiger partial charge in [-0.1, -0.05) is 47.5 Å². The van der Waals surface area contributed by atoms with Gasteiger partial charge in [0.05, 0.1) is 21.7 Å². The SMILES string of the molecule is FC(F)(F)C1CCc2c(cc(-c3ccc(Cl)c(Cl)c3)n2-c2ccccc2)C1. The molecule has 4 rings (SSSR count). The first-order chi connectivity index (χ1) is 12.8. The normalized spacial score (nSPS) is 17.0. The Bertz CT molecular complexity index is 977. The van der Waals surface area contributed by atoms with E-state index >= 15 is 0 Å². The van der Waals surface area contributed by atoms with Gasteiger partial charge in [-0.15, -0.1) is 0 Å². The molecule has 1 nitrogen and oxygen atoms in total. The highest BCUT2D eigenvalue weighted by atomic mass is 35.5. The predicted molar refractivity (Wildman–Crippen MR) is 103 cm³/mol. The quantitative estimate of drug-likeness (QED) is 0.424. The molecule has 1 aliphatic carbocycles. The van der Waals surface area contributed by atoms with Crippen molar-refractivity contribution in [3.63, 3.8) is 0 Å². The number of aromatic nitrogens is 1. The predicted octanol–water partition coefficient (Wildman–Crippen LogP) is 7.12. The number of hydrogen-bond acceptors (Lipinski definition) is 0. The zero-order chi connectivity index (χ0) is 19.2. The first-order valence-corrected chi connectivity index (χ1v) is 9.41. The maximum atomic E-state index is 13.2. The zero-order valence-corrected chi connectivity index (χ0v) is 15.7. The number of fused-ring (bicyclic) bond motifs is 1. The fourth-order valence-electron chi connectivity index (χ4n) is 3.75. The molecule has 140 valence electrons. The van der Waals surface area contributed by atoms with Crippen LogP contribution in [0.25, 0.3) is 16.9 Å². The van der Waals surface area contributed by atoms with Crippen molar-refractivity contribution in [2.45, 2.75) is 25.4 Å². The van der Waals surface area contributed by atoms with Gasteiger partial charge in [0.25, 0.3) is 0 Å². The molecule has 1 unspecified atom stereocenters. The molecule has 6 heteroatoms. The standard InChI is InChI=1S/C21H16Cl2F3N/c22-17-8-6-13(11-18(17)23)20-12-14-10-15(21(24,25)26)7-9-19(14)27(20)16-4-2-1-3-5-16/h1-6,8,11-12,15H,7,9-10H2. The fraction of sp³-hybridized carbons (Fsp3) is 0.238. The lowest BCUT2D eigenvalue weighted by Crippen LogP contribution is -2.29. The van der Waals surface area contributed by atoms with Gasteiger partial charge in [0.1, 0.15) is 0 Å². The summed E-state index contributed by atoms with van der Waals surface area (Å²) in [7, 11) is 0. The van der Waals surface area contributed by atoms with Gasteiger partial charge in [-0.3, -0.25) is 0 Å². The Kier molecular flexibility index (Phi) is 4.73. The monoisotopic (exact) mass is 409 g/mol. The molecule has 0 fully saturated rings. The molecule has 0 spiro atoms. The third-order valence-electron chi connectivity index (χ3n) is 5.08. The maximum absolute atomic E-state index is 13.2. The molecule has 0 amide bonds. The second-order valence-corrected chi connectivity index (χ2v) is 7.60. The van der Waals surface area contributed by atoms with Crippen LogP contribution >= 0.6 is 23.2 Å². The lowest BCUT2D eigenvalue weighted by atomic mass is 9.87. The van der Waals surface area contributed by atoms with Crippen LogP contribution in [-0.2, 0) is 12.8 Å². The highest BCUT2D eigenvalue weighted by Gasteiger charge is 2.42. The molecule has 2 aromatic carbocycles. The second kappa shape index (κ2) is 6.92. The van der Waals surface area contributed by atoms with Crippen molar-refractivity contribution in [1.29, 1.82) is 0 Å². The van der Waals surface area contributed by atoms with Crippen molar-refractivity contribution < 1.29 is 13.2 Å². The summed E-state index contributed by atoms with van der Waals surface area (Å²) in [5.74, 6) is -1.29. The van der Waals surface area contributed by atoms with Gasteiger partial charge in [-0.25, -0.2) is 0 Å². The van der Waals surface area contributed by atoms with Gasteiger partial charge in [0, 0.05) is 16.9 Å². The molecule has 0 saturated carbocycles. The lowest BCUT2D eigenvalue weighted by Gasteiger charge is -2.26. The summed E-state index contributed by atoms with van der Waals surface area (Å²) < 4.78 is 41.8. The minimum absolute atomic E-state index is 0.00693.